The van der Waals surface area contributed by atoms with Crippen LogP contribution in [0.3, 0.4) is 0 Å². The lowest BCUT2D eigenvalue weighted by Crippen LogP contribution is -2.02. The van der Waals surface area contributed by atoms with Crippen LogP contribution in [0.2, 0.25) is 5.02 Å². The molecule has 0 bridgehead atoms. The van der Waals surface area contributed by atoms with Crippen LogP contribution in [0, 0.1) is 0 Å². The zero-order valence-electron chi connectivity index (χ0n) is 11.4. The molecule has 0 unspecified atom stereocenters. The van der Waals surface area contributed by atoms with Crippen LogP contribution in [0.25, 0.3) is 0 Å². The molecule has 0 aliphatic heterocycles. The number of benzene rings is 2. The van der Waals surface area contributed by atoms with Crippen LogP contribution in [-0.2, 0) is 0 Å². The van der Waals surface area contributed by atoms with E-state index in [-0.39, 0.29) is 5.78 Å². The van der Waals surface area contributed by atoms with Gasteiger partial charge in [0.25, 0.3) is 0 Å². The summed E-state index contributed by atoms with van der Waals surface area (Å²) in [5.41, 5.74) is 1.20. The number of hydrogen-bond acceptors (Lipinski definition) is 2. The lowest BCUT2D eigenvalue weighted by Gasteiger charge is -2.07. The van der Waals surface area contributed by atoms with Crippen molar-refractivity contribution in [1.29, 1.82) is 0 Å². The van der Waals surface area contributed by atoms with E-state index < -0.39 is 0 Å². The summed E-state index contributed by atoms with van der Waals surface area (Å²) in [6.07, 6.45) is 2.09. The molecule has 0 atom stereocenters. The molecule has 0 heterocycles. The van der Waals surface area contributed by atoms with E-state index in [1.807, 2.05) is 12.1 Å². The van der Waals surface area contributed by atoms with Crippen molar-refractivity contribution in [3.8, 4) is 5.75 Å². The number of rotatable bonds is 6. The molecule has 2 aromatic rings. The highest BCUT2D eigenvalue weighted by molar-refractivity contribution is 6.31. The highest BCUT2D eigenvalue weighted by Gasteiger charge is 2.10. The minimum absolute atomic E-state index is 0.0477. The third-order valence-corrected chi connectivity index (χ3v) is 3.18. The number of carbonyl (C=O) groups is 1. The summed E-state index contributed by atoms with van der Waals surface area (Å²) >= 11 is 5.92. The Labute approximate surface area is 124 Å². The van der Waals surface area contributed by atoms with Gasteiger partial charge in [-0.2, -0.15) is 0 Å². The van der Waals surface area contributed by atoms with Gasteiger partial charge in [0.05, 0.1) is 6.61 Å². The standard InChI is InChI=1S/C17H17ClO2/c1-2-3-10-20-16-9-5-7-14(12-16)17(19)13-6-4-8-15(18)11-13/h4-9,11-12H,2-3,10H2,1H3. The van der Waals surface area contributed by atoms with Gasteiger partial charge in [0.1, 0.15) is 5.75 Å². The first kappa shape index (κ1) is 14.6. The molecule has 0 aromatic heterocycles. The maximum Gasteiger partial charge on any atom is 0.193 e. The summed E-state index contributed by atoms with van der Waals surface area (Å²) in [5.74, 6) is 0.680. The Bertz CT molecular complexity index is 593. The SMILES string of the molecule is CCCCOc1cccc(C(=O)c2cccc(Cl)c2)c1. The number of halogens is 1. The molecule has 0 saturated heterocycles. The molecule has 3 heteroatoms. The van der Waals surface area contributed by atoms with Crippen LogP contribution in [0.15, 0.2) is 48.5 Å². The van der Waals surface area contributed by atoms with Gasteiger partial charge in [0, 0.05) is 16.1 Å². The van der Waals surface area contributed by atoms with Gasteiger partial charge in [-0.15, -0.1) is 0 Å². The smallest absolute Gasteiger partial charge is 0.193 e. The van der Waals surface area contributed by atoms with E-state index in [1.54, 1.807) is 36.4 Å². The van der Waals surface area contributed by atoms with Crippen LogP contribution >= 0.6 is 11.6 Å². The van der Waals surface area contributed by atoms with Crippen LogP contribution < -0.4 is 4.74 Å². The second-order valence-corrected chi connectivity index (χ2v) is 5.01. The molecule has 0 radical (unpaired) electrons. The first-order valence-electron chi connectivity index (χ1n) is 6.74. The first-order valence-corrected chi connectivity index (χ1v) is 7.11. The van der Waals surface area contributed by atoms with Crippen molar-refractivity contribution in [1.82, 2.24) is 0 Å². The molecule has 2 nitrogen and oxygen atoms in total. The Kier molecular flexibility index (Phi) is 5.19. The summed E-state index contributed by atoms with van der Waals surface area (Å²) in [7, 11) is 0. The quantitative estimate of drug-likeness (QED) is 0.566. The van der Waals surface area contributed by atoms with E-state index in [0.29, 0.717) is 22.8 Å². The van der Waals surface area contributed by atoms with Gasteiger partial charge in [-0.1, -0.05) is 49.2 Å². The second kappa shape index (κ2) is 7.11. The zero-order chi connectivity index (χ0) is 14.4. The number of hydrogen-bond donors (Lipinski definition) is 0. The fraction of sp³-hybridized carbons (Fsp3) is 0.235. The summed E-state index contributed by atoms with van der Waals surface area (Å²) in [5, 5.41) is 0.561. The molecule has 0 fully saturated rings. The molecule has 2 aromatic carbocycles. The van der Waals surface area contributed by atoms with Crippen LogP contribution in [0.1, 0.15) is 35.7 Å². The average molecular weight is 289 g/mol. The van der Waals surface area contributed by atoms with E-state index in [1.165, 1.54) is 0 Å². The monoisotopic (exact) mass is 288 g/mol. The molecule has 0 N–H and O–H groups in total. The average Bonchev–Trinajstić information content (AvgIpc) is 2.47. The van der Waals surface area contributed by atoms with E-state index >= 15 is 0 Å². The van der Waals surface area contributed by atoms with E-state index in [2.05, 4.69) is 6.92 Å². The summed E-state index contributed by atoms with van der Waals surface area (Å²) < 4.78 is 5.62. The topological polar surface area (TPSA) is 26.3 Å². The predicted molar refractivity (Wildman–Crippen MR) is 81.7 cm³/mol. The molecule has 0 amide bonds. The molecule has 20 heavy (non-hydrogen) atoms. The van der Waals surface area contributed by atoms with Crippen LogP contribution in [0.5, 0.6) is 5.75 Å². The number of unbranched alkanes of at least 4 members (excludes halogenated alkanes) is 1. The maximum atomic E-state index is 12.4. The largest absolute Gasteiger partial charge is 0.494 e. The van der Waals surface area contributed by atoms with Gasteiger partial charge in [0.15, 0.2) is 5.78 Å². The lowest BCUT2D eigenvalue weighted by atomic mass is 10.0. The minimum Gasteiger partial charge on any atom is -0.494 e. The van der Waals surface area contributed by atoms with Crippen molar-refractivity contribution in [2.45, 2.75) is 19.8 Å². The third-order valence-electron chi connectivity index (χ3n) is 2.95. The van der Waals surface area contributed by atoms with E-state index in [9.17, 15) is 4.79 Å². The minimum atomic E-state index is -0.0477. The lowest BCUT2D eigenvalue weighted by molar-refractivity contribution is 0.103. The molecule has 2 rings (SSSR count). The molecular weight excluding hydrogens is 272 g/mol. The number of ether oxygens (including phenoxy) is 1. The summed E-state index contributed by atoms with van der Waals surface area (Å²) in [6, 6.07) is 14.2. The maximum absolute atomic E-state index is 12.4. The molecule has 104 valence electrons. The number of carbonyl (C=O) groups excluding carboxylic acids is 1. The Balaban J connectivity index is 2.16. The number of ketones is 1. The highest BCUT2D eigenvalue weighted by atomic mass is 35.5. The molecule has 0 saturated carbocycles. The Morgan fingerprint density at radius 3 is 2.50 bits per heavy atom. The predicted octanol–water partition coefficient (Wildman–Crippen LogP) is 4.75. The van der Waals surface area contributed by atoms with Crippen molar-refractivity contribution < 1.29 is 9.53 Å². The van der Waals surface area contributed by atoms with Crippen LogP contribution in [0.4, 0.5) is 0 Å². The van der Waals surface area contributed by atoms with E-state index in [0.717, 1.165) is 18.6 Å². The zero-order valence-corrected chi connectivity index (χ0v) is 12.2. The molecule has 0 aliphatic rings. The normalized spacial score (nSPS) is 10.3. The van der Waals surface area contributed by atoms with Gasteiger partial charge >= 0.3 is 0 Å². The van der Waals surface area contributed by atoms with Crippen molar-refractivity contribution in [2.24, 2.45) is 0 Å². The van der Waals surface area contributed by atoms with E-state index in [4.69, 9.17) is 16.3 Å². The van der Waals surface area contributed by atoms with Crippen molar-refractivity contribution in [3.05, 3.63) is 64.7 Å². The van der Waals surface area contributed by atoms with Gasteiger partial charge in [-0.05, 0) is 30.7 Å². The molecular formula is C17H17ClO2. The first-order chi connectivity index (χ1) is 9.70. The fourth-order valence-corrected chi connectivity index (χ4v) is 2.05. The summed E-state index contributed by atoms with van der Waals surface area (Å²) in [6.45, 7) is 2.79. The third kappa shape index (κ3) is 3.84. The fourth-order valence-electron chi connectivity index (χ4n) is 1.86. The van der Waals surface area contributed by atoms with Crippen molar-refractivity contribution in [2.75, 3.05) is 6.61 Å². The van der Waals surface area contributed by atoms with Gasteiger partial charge in [-0.3, -0.25) is 4.79 Å². The van der Waals surface area contributed by atoms with Gasteiger partial charge in [0.2, 0.25) is 0 Å². The molecule has 0 spiro atoms. The van der Waals surface area contributed by atoms with Gasteiger partial charge in [-0.25, -0.2) is 0 Å². The Morgan fingerprint density at radius 2 is 1.80 bits per heavy atom. The van der Waals surface area contributed by atoms with Crippen molar-refractivity contribution >= 4 is 17.4 Å². The van der Waals surface area contributed by atoms with Gasteiger partial charge < -0.3 is 4.74 Å². The second-order valence-electron chi connectivity index (χ2n) is 4.57. The van der Waals surface area contributed by atoms with Crippen LogP contribution in [-0.4, -0.2) is 12.4 Å². The van der Waals surface area contributed by atoms with Crippen molar-refractivity contribution in [3.63, 3.8) is 0 Å². The highest BCUT2D eigenvalue weighted by Crippen LogP contribution is 2.19. The molecule has 0 aliphatic carbocycles. The Hall–Kier alpha value is -1.80. The summed E-state index contributed by atoms with van der Waals surface area (Å²) in [4.78, 5) is 12.4. The Morgan fingerprint density at radius 1 is 1.10 bits per heavy atom.